The summed E-state index contributed by atoms with van der Waals surface area (Å²) in [5.41, 5.74) is 3.14. The number of rotatable bonds is 3. The van der Waals surface area contributed by atoms with E-state index in [4.69, 9.17) is 17.3 Å². The fourth-order valence-corrected chi connectivity index (χ4v) is 3.45. The van der Waals surface area contributed by atoms with Crippen molar-refractivity contribution in [3.05, 3.63) is 57.9 Å². The fourth-order valence-electron chi connectivity index (χ4n) is 3.24. The summed E-state index contributed by atoms with van der Waals surface area (Å²) in [6.45, 7) is 2.73. The van der Waals surface area contributed by atoms with Crippen molar-refractivity contribution in [2.45, 2.75) is 38.1 Å². The Bertz CT molecular complexity index is 1080. The Morgan fingerprint density at radius 1 is 1.32 bits per heavy atom. The topological polar surface area (TPSA) is 89.6 Å². The van der Waals surface area contributed by atoms with E-state index >= 15 is 0 Å². The Labute approximate surface area is 178 Å². The van der Waals surface area contributed by atoms with E-state index in [0.717, 1.165) is 13.0 Å². The Kier molecular flexibility index (Phi) is 5.83. The van der Waals surface area contributed by atoms with Crippen LogP contribution in [0.15, 0.2) is 29.4 Å². The molecule has 2 aromatic rings. The molecule has 0 radical (unpaired) electrons. The molecule has 2 atom stereocenters. The maximum atomic E-state index is 14.6. The first-order valence-electron chi connectivity index (χ1n) is 8.82. The van der Waals surface area contributed by atoms with Gasteiger partial charge in [0.15, 0.2) is 17.7 Å². The number of pyridine rings is 1. The van der Waals surface area contributed by atoms with Crippen molar-refractivity contribution in [1.29, 1.82) is 0 Å². The van der Waals surface area contributed by atoms with Gasteiger partial charge in [0.1, 0.15) is 5.69 Å². The number of anilines is 1. The molecule has 0 saturated heterocycles. The van der Waals surface area contributed by atoms with Crippen molar-refractivity contribution in [2.75, 3.05) is 5.32 Å². The van der Waals surface area contributed by atoms with Crippen LogP contribution in [0.5, 0.6) is 0 Å². The van der Waals surface area contributed by atoms with Gasteiger partial charge in [-0.05, 0) is 31.5 Å². The highest BCUT2D eigenvalue weighted by Gasteiger charge is 2.50. The lowest BCUT2D eigenvalue weighted by Crippen LogP contribution is -2.46. The number of hydrogen-bond acceptors (Lipinski definition) is 5. The zero-order valence-electron chi connectivity index (χ0n) is 16.1. The van der Waals surface area contributed by atoms with E-state index in [0.29, 0.717) is 16.7 Å². The number of amidine groups is 1. The number of hydrogen-bond donors (Lipinski definition) is 2. The van der Waals surface area contributed by atoms with Gasteiger partial charge in [0.2, 0.25) is 0 Å². The van der Waals surface area contributed by atoms with E-state index in [-0.39, 0.29) is 11.4 Å². The smallest absolute Gasteiger partial charge is 0.425 e. The van der Waals surface area contributed by atoms with Gasteiger partial charge in [0.05, 0.1) is 10.6 Å². The molecule has 3 rings (SSSR count). The lowest BCUT2D eigenvalue weighted by atomic mass is 9.85. The molecule has 0 unspecified atom stereocenters. The number of halogens is 6. The zero-order valence-corrected chi connectivity index (χ0v) is 16.9. The summed E-state index contributed by atoms with van der Waals surface area (Å²) in [5, 5.41) is 2.65. The van der Waals surface area contributed by atoms with Gasteiger partial charge in [0, 0.05) is 29.9 Å². The standard InChI is InChI=1S/C19H16ClF5N4O2/c1-8-3-9(20)7-27-15(8)16(30)28-10-4-11(14(22)12(21)5-10)18(2)6-13(19(23,24)25)31-17(26)29-18/h3-5,7,13H,6H2,1-2H3,(H2,26,29)(H,28,30)/t13-,18+/m0/s1. The lowest BCUT2D eigenvalue weighted by Gasteiger charge is -2.36. The van der Waals surface area contributed by atoms with Gasteiger partial charge in [0.25, 0.3) is 11.9 Å². The van der Waals surface area contributed by atoms with Crippen molar-refractivity contribution in [3.63, 3.8) is 0 Å². The third-order valence-electron chi connectivity index (χ3n) is 4.69. The second-order valence-corrected chi connectivity index (χ2v) is 7.61. The van der Waals surface area contributed by atoms with E-state index in [1.807, 2.05) is 0 Å². The second-order valence-electron chi connectivity index (χ2n) is 7.17. The number of carbonyl (C=O) groups is 1. The van der Waals surface area contributed by atoms with Crippen molar-refractivity contribution >= 4 is 29.2 Å². The molecule has 12 heteroatoms. The number of carbonyl (C=O) groups excluding carboxylic acids is 1. The highest BCUT2D eigenvalue weighted by Crippen LogP contribution is 2.41. The summed E-state index contributed by atoms with van der Waals surface area (Å²) < 4.78 is 72.9. The molecule has 1 aliphatic heterocycles. The first-order valence-corrected chi connectivity index (χ1v) is 9.19. The number of nitrogens with one attached hydrogen (secondary N) is 1. The van der Waals surface area contributed by atoms with Crippen LogP contribution in [0.25, 0.3) is 0 Å². The lowest BCUT2D eigenvalue weighted by molar-refractivity contribution is -0.208. The predicted molar refractivity (Wildman–Crippen MR) is 103 cm³/mol. The number of aliphatic imine (C=N–C) groups is 1. The number of alkyl halides is 3. The van der Waals surface area contributed by atoms with Crippen molar-refractivity contribution in [2.24, 2.45) is 10.7 Å². The summed E-state index contributed by atoms with van der Waals surface area (Å²) in [5.74, 6) is -3.56. The fraction of sp³-hybridized carbons (Fsp3) is 0.316. The Hall–Kier alpha value is -2.95. The van der Waals surface area contributed by atoms with E-state index in [1.54, 1.807) is 6.92 Å². The maximum Gasteiger partial charge on any atom is 0.425 e. The summed E-state index contributed by atoms with van der Waals surface area (Å²) in [6, 6.07) is 2.36. The van der Waals surface area contributed by atoms with Gasteiger partial charge in [-0.2, -0.15) is 13.2 Å². The van der Waals surface area contributed by atoms with Gasteiger partial charge < -0.3 is 15.8 Å². The summed E-state index contributed by atoms with van der Waals surface area (Å²) in [7, 11) is 0. The predicted octanol–water partition coefficient (Wildman–Crippen LogP) is 4.46. The van der Waals surface area contributed by atoms with Crippen molar-refractivity contribution < 1.29 is 31.5 Å². The molecule has 3 N–H and O–H groups in total. The van der Waals surface area contributed by atoms with Crippen molar-refractivity contribution in [3.8, 4) is 0 Å². The zero-order chi connectivity index (χ0) is 23.1. The monoisotopic (exact) mass is 462 g/mol. The summed E-state index contributed by atoms with van der Waals surface area (Å²) >= 11 is 5.80. The number of aryl methyl sites for hydroxylation is 1. The normalized spacial score (nSPS) is 21.3. The van der Waals surface area contributed by atoms with E-state index < -0.39 is 53.4 Å². The van der Waals surface area contributed by atoms with Crippen LogP contribution in [0.2, 0.25) is 5.02 Å². The first-order chi connectivity index (χ1) is 14.3. The van der Waals surface area contributed by atoms with Crippen LogP contribution >= 0.6 is 11.6 Å². The van der Waals surface area contributed by atoms with Crippen LogP contribution in [-0.4, -0.2) is 29.2 Å². The molecule has 31 heavy (non-hydrogen) atoms. The second kappa shape index (κ2) is 7.95. The van der Waals surface area contributed by atoms with Crippen molar-refractivity contribution in [1.82, 2.24) is 4.98 Å². The van der Waals surface area contributed by atoms with Crippen LogP contribution < -0.4 is 11.1 Å². The minimum absolute atomic E-state index is 0.0210. The molecule has 0 bridgehead atoms. The third kappa shape index (κ3) is 4.71. The molecule has 0 aliphatic carbocycles. The summed E-state index contributed by atoms with van der Waals surface area (Å²) in [4.78, 5) is 20.2. The molecule has 6 nitrogen and oxygen atoms in total. The largest absolute Gasteiger partial charge is 0.452 e. The van der Waals surface area contributed by atoms with Gasteiger partial charge in [-0.15, -0.1) is 0 Å². The Balaban J connectivity index is 1.99. The number of aromatic nitrogens is 1. The van der Waals surface area contributed by atoms with E-state index in [9.17, 15) is 26.7 Å². The van der Waals surface area contributed by atoms with E-state index in [2.05, 4.69) is 20.0 Å². The summed E-state index contributed by atoms with van der Waals surface area (Å²) in [6.07, 6.45) is -6.78. The molecule has 0 saturated carbocycles. The van der Waals surface area contributed by atoms with Gasteiger partial charge in [-0.25, -0.2) is 18.8 Å². The molecule has 0 spiro atoms. The number of ether oxygens (including phenoxy) is 1. The third-order valence-corrected chi connectivity index (χ3v) is 4.90. The molecule has 1 aliphatic rings. The molecule has 1 aromatic carbocycles. The van der Waals surface area contributed by atoms with Gasteiger partial charge >= 0.3 is 6.18 Å². The van der Waals surface area contributed by atoms with Crippen LogP contribution in [0.1, 0.15) is 35.0 Å². The quantitative estimate of drug-likeness (QED) is 0.659. The van der Waals surface area contributed by atoms with Crippen LogP contribution in [0.3, 0.4) is 0 Å². The number of amides is 1. The van der Waals surface area contributed by atoms with Gasteiger partial charge in [-0.1, -0.05) is 11.6 Å². The molecule has 2 heterocycles. The maximum absolute atomic E-state index is 14.6. The highest BCUT2D eigenvalue weighted by atomic mass is 35.5. The van der Waals surface area contributed by atoms with Crippen LogP contribution in [0, 0.1) is 18.6 Å². The molecular formula is C19H16ClF5N4O2. The minimum atomic E-state index is -4.81. The Morgan fingerprint density at radius 2 is 2.00 bits per heavy atom. The molecule has 1 aromatic heterocycles. The number of benzene rings is 1. The molecule has 0 fully saturated rings. The first kappa shape index (κ1) is 22.7. The average molecular weight is 463 g/mol. The van der Waals surface area contributed by atoms with Gasteiger partial charge in [-0.3, -0.25) is 4.79 Å². The minimum Gasteiger partial charge on any atom is -0.452 e. The van der Waals surface area contributed by atoms with Crippen LogP contribution in [-0.2, 0) is 10.3 Å². The van der Waals surface area contributed by atoms with Crippen LogP contribution in [0.4, 0.5) is 27.6 Å². The number of nitrogens with zero attached hydrogens (tertiary/aromatic N) is 2. The highest BCUT2D eigenvalue weighted by molar-refractivity contribution is 6.30. The molecule has 166 valence electrons. The Morgan fingerprint density at radius 3 is 2.61 bits per heavy atom. The van der Waals surface area contributed by atoms with E-state index in [1.165, 1.54) is 12.3 Å². The number of nitrogens with two attached hydrogens (primary N) is 1. The molecule has 1 amide bonds. The SMILES string of the molecule is Cc1cc(Cl)cnc1C(=O)Nc1cc(F)c(F)c([C@@]2(C)C[C@@H](C(F)(F)F)OC(N)=N2)c1. The average Bonchev–Trinajstić information content (AvgIpc) is 2.62. The molecular weight excluding hydrogens is 447 g/mol.